The van der Waals surface area contributed by atoms with Gasteiger partial charge in [-0.15, -0.1) is 0 Å². The van der Waals surface area contributed by atoms with E-state index < -0.39 is 4.92 Å². The minimum absolute atomic E-state index is 0.0572. The molecule has 0 radical (unpaired) electrons. The molecular formula is C21H17N3O3S. The molecule has 1 amide bonds. The van der Waals surface area contributed by atoms with Crippen LogP contribution in [-0.2, 0) is 5.75 Å². The van der Waals surface area contributed by atoms with Gasteiger partial charge in [-0.3, -0.25) is 24.8 Å². The summed E-state index contributed by atoms with van der Waals surface area (Å²) in [5.41, 5.74) is 1.66. The highest BCUT2D eigenvalue weighted by atomic mass is 32.2. The van der Waals surface area contributed by atoms with Crippen molar-refractivity contribution in [3.63, 3.8) is 0 Å². The Bertz CT molecular complexity index is 1080. The van der Waals surface area contributed by atoms with Gasteiger partial charge in [0.15, 0.2) is 5.17 Å². The Hall–Kier alpha value is -3.19. The molecule has 0 aromatic heterocycles. The van der Waals surface area contributed by atoms with Crippen molar-refractivity contribution in [2.75, 3.05) is 13.1 Å². The molecule has 1 aliphatic rings. The highest BCUT2D eigenvalue weighted by Gasteiger charge is 2.25. The van der Waals surface area contributed by atoms with Crippen LogP contribution < -0.4 is 0 Å². The normalized spacial score (nSPS) is 13.6. The first-order valence-corrected chi connectivity index (χ1v) is 9.81. The molecule has 0 aliphatic carbocycles. The summed E-state index contributed by atoms with van der Waals surface area (Å²) in [4.78, 5) is 29.5. The van der Waals surface area contributed by atoms with E-state index in [1.165, 1.54) is 23.9 Å². The van der Waals surface area contributed by atoms with Crippen molar-refractivity contribution < 1.29 is 9.72 Å². The zero-order valence-electron chi connectivity index (χ0n) is 14.9. The van der Waals surface area contributed by atoms with Crippen LogP contribution in [0.5, 0.6) is 0 Å². The molecule has 0 unspecified atom stereocenters. The summed E-state index contributed by atoms with van der Waals surface area (Å²) in [5, 5.41) is 13.6. The van der Waals surface area contributed by atoms with E-state index in [1.807, 2.05) is 42.5 Å². The Labute approximate surface area is 166 Å². The molecule has 0 bridgehead atoms. The molecule has 0 atom stereocenters. The molecule has 0 saturated heterocycles. The molecule has 28 heavy (non-hydrogen) atoms. The van der Waals surface area contributed by atoms with Crippen LogP contribution in [0.15, 0.2) is 71.7 Å². The number of carbonyl (C=O) groups excluding carboxylic acids is 1. The third-order valence-corrected chi connectivity index (χ3v) is 5.64. The average Bonchev–Trinajstić information content (AvgIpc) is 3.20. The number of amides is 1. The van der Waals surface area contributed by atoms with Crippen LogP contribution in [0.25, 0.3) is 10.8 Å². The fourth-order valence-corrected chi connectivity index (χ4v) is 4.08. The summed E-state index contributed by atoms with van der Waals surface area (Å²) in [7, 11) is 0. The first-order valence-electron chi connectivity index (χ1n) is 8.83. The van der Waals surface area contributed by atoms with Crippen molar-refractivity contribution in [1.82, 2.24) is 4.90 Å². The third-order valence-electron chi connectivity index (χ3n) is 4.56. The maximum atomic E-state index is 13.0. The number of aliphatic imine (C=N–C) groups is 1. The first kappa shape index (κ1) is 18.2. The predicted molar refractivity (Wildman–Crippen MR) is 112 cm³/mol. The number of nitrogens with zero attached hydrogens (tertiary/aromatic N) is 3. The highest BCUT2D eigenvalue weighted by Crippen LogP contribution is 2.24. The molecule has 0 spiro atoms. The average molecular weight is 391 g/mol. The minimum atomic E-state index is -0.415. The SMILES string of the molecule is O=C(c1ccc2ccccc2c1)N1CCN=C1SCc1ccc([N+](=O)[O-])cc1. The van der Waals surface area contributed by atoms with Crippen LogP contribution in [0.2, 0.25) is 0 Å². The molecule has 0 fully saturated rings. The minimum Gasteiger partial charge on any atom is -0.286 e. The van der Waals surface area contributed by atoms with Gasteiger partial charge in [-0.05, 0) is 28.5 Å². The zero-order chi connectivity index (χ0) is 19.5. The van der Waals surface area contributed by atoms with Gasteiger partial charge in [-0.1, -0.05) is 54.2 Å². The van der Waals surface area contributed by atoms with Crippen molar-refractivity contribution in [3.8, 4) is 0 Å². The van der Waals surface area contributed by atoms with Crippen molar-refractivity contribution in [2.45, 2.75) is 5.75 Å². The van der Waals surface area contributed by atoms with Gasteiger partial charge in [0.2, 0.25) is 0 Å². The molecule has 6 nitrogen and oxygen atoms in total. The van der Waals surface area contributed by atoms with Gasteiger partial charge >= 0.3 is 0 Å². The Morgan fingerprint density at radius 1 is 1.07 bits per heavy atom. The van der Waals surface area contributed by atoms with Gasteiger partial charge in [0.1, 0.15) is 0 Å². The quantitative estimate of drug-likeness (QED) is 0.485. The summed E-state index contributed by atoms with van der Waals surface area (Å²) < 4.78 is 0. The molecule has 140 valence electrons. The number of thioether (sulfide) groups is 1. The molecule has 1 heterocycles. The lowest BCUT2D eigenvalue weighted by Gasteiger charge is -2.18. The van der Waals surface area contributed by atoms with Crippen LogP contribution in [0.1, 0.15) is 15.9 Å². The van der Waals surface area contributed by atoms with E-state index >= 15 is 0 Å². The van der Waals surface area contributed by atoms with Crippen molar-refractivity contribution >= 4 is 39.3 Å². The van der Waals surface area contributed by atoms with Gasteiger partial charge in [0.25, 0.3) is 11.6 Å². The summed E-state index contributed by atoms with van der Waals surface area (Å²) in [6.45, 7) is 1.15. The number of non-ortho nitro benzene ring substituents is 1. The number of hydrogen-bond acceptors (Lipinski definition) is 5. The van der Waals surface area contributed by atoms with Crippen LogP contribution in [0, 0.1) is 10.1 Å². The summed E-state index contributed by atoms with van der Waals surface area (Å²) >= 11 is 1.47. The molecule has 0 N–H and O–H groups in total. The number of hydrogen-bond donors (Lipinski definition) is 0. The maximum Gasteiger partial charge on any atom is 0.269 e. The summed E-state index contributed by atoms with van der Waals surface area (Å²) in [5.74, 6) is 0.538. The number of fused-ring (bicyclic) bond motifs is 1. The van der Waals surface area contributed by atoms with Crippen LogP contribution in [0.3, 0.4) is 0 Å². The largest absolute Gasteiger partial charge is 0.286 e. The van der Waals surface area contributed by atoms with Crippen LogP contribution in [-0.4, -0.2) is 34.0 Å². The third kappa shape index (κ3) is 3.75. The monoisotopic (exact) mass is 391 g/mol. The number of nitro groups is 1. The predicted octanol–water partition coefficient (Wildman–Crippen LogP) is 4.49. The number of nitro benzene ring substituents is 1. The Morgan fingerprint density at radius 2 is 1.82 bits per heavy atom. The lowest BCUT2D eigenvalue weighted by atomic mass is 10.1. The number of benzene rings is 3. The fourth-order valence-electron chi connectivity index (χ4n) is 3.08. The second-order valence-electron chi connectivity index (χ2n) is 6.40. The highest BCUT2D eigenvalue weighted by molar-refractivity contribution is 8.13. The van der Waals surface area contributed by atoms with E-state index in [0.29, 0.717) is 29.6 Å². The topological polar surface area (TPSA) is 75.8 Å². The van der Waals surface area contributed by atoms with Crippen molar-refractivity contribution in [1.29, 1.82) is 0 Å². The molecule has 7 heteroatoms. The molecule has 3 aromatic carbocycles. The second kappa shape index (κ2) is 7.82. The smallest absolute Gasteiger partial charge is 0.269 e. The van der Waals surface area contributed by atoms with Crippen molar-refractivity contribution in [3.05, 3.63) is 88.0 Å². The first-order chi connectivity index (χ1) is 13.6. The second-order valence-corrected chi connectivity index (χ2v) is 7.34. The van der Waals surface area contributed by atoms with E-state index in [4.69, 9.17) is 0 Å². The van der Waals surface area contributed by atoms with E-state index in [2.05, 4.69) is 4.99 Å². The number of amidine groups is 1. The Kier molecular flexibility index (Phi) is 5.08. The summed E-state index contributed by atoms with van der Waals surface area (Å²) in [6, 6.07) is 20.1. The van der Waals surface area contributed by atoms with Crippen LogP contribution in [0.4, 0.5) is 5.69 Å². The zero-order valence-corrected chi connectivity index (χ0v) is 15.8. The number of rotatable bonds is 4. The van der Waals surface area contributed by atoms with Crippen molar-refractivity contribution in [2.24, 2.45) is 4.99 Å². The summed E-state index contributed by atoms with van der Waals surface area (Å²) in [6.07, 6.45) is 0. The Balaban J connectivity index is 1.46. The molecule has 4 rings (SSSR count). The standard InChI is InChI=1S/C21H17N3O3S/c25-20(18-8-7-16-3-1-2-4-17(16)13-18)23-12-11-22-21(23)28-14-15-5-9-19(10-6-15)24(26)27/h1-10,13H,11-12,14H2. The van der Waals surface area contributed by atoms with Crippen LogP contribution >= 0.6 is 11.8 Å². The van der Waals surface area contributed by atoms with E-state index in [-0.39, 0.29) is 11.6 Å². The van der Waals surface area contributed by atoms with Gasteiger partial charge in [-0.2, -0.15) is 0 Å². The molecular weight excluding hydrogens is 374 g/mol. The maximum absolute atomic E-state index is 13.0. The lowest BCUT2D eigenvalue weighted by molar-refractivity contribution is -0.384. The van der Waals surface area contributed by atoms with E-state index in [0.717, 1.165) is 16.3 Å². The lowest BCUT2D eigenvalue weighted by Crippen LogP contribution is -2.32. The number of carbonyl (C=O) groups is 1. The van der Waals surface area contributed by atoms with E-state index in [1.54, 1.807) is 17.0 Å². The van der Waals surface area contributed by atoms with Gasteiger partial charge in [0.05, 0.1) is 11.5 Å². The van der Waals surface area contributed by atoms with Gasteiger partial charge in [0, 0.05) is 30.0 Å². The van der Waals surface area contributed by atoms with E-state index in [9.17, 15) is 14.9 Å². The molecule has 1 aliphatic heterocycles. The fraction of sp³-hybridized carbons (Fsp3) is 0.143. The van der Waals surface area contributed by atoms with Gasteiger partial charge < -0.3 is 0 Å². The molecule has 3 aromatic rings. The molecule has 0 saturated carbocycles. The Morgan fingerprint density at radius 3 is 2.57 bits per heavy atom. The van der Waals surface area contributed by atoms with Gasteiger partial charge in [-0.25, -0.2) is 0 Å².